The van der Waals surface area contributed by atoms with Crippen molar-refractivity contribution in [1.29, 1.82) is 0 Å². The number of primary sulfonamides is 1. The molecule has 0 heterocycles. The van der Waals surface area contributed by atoms with Crippen LogP contribution < -0.4 is 14.6 Å². The van der Waals surface area contributed by atoms with E-state index in [1.807, 2.05) is 0 Å². The highest BCUT2D eigenvalue weighted by Gasteiger charge is 2.25. The monoisotopic (exact) mass is 312 g/mol. The highest BCUT2D eigenvalue weighted by Crippen LogP contribution is 2.37. The maximum atomic E-state index is 12.1. The number of hydrogen-bond acceptors (Lipinski definition) is 6. The van der Waals surface area contributed by atoms with Gasteiger partial charge in [0.25, 0.3) is 12.1 Å². The van der Waals surface area contributed by atoms with Crippen molar-refractivity contribution in [2.75, 3.05) is 13.7 Å². The number of alkyl halides is 2. The van der Waals surface area contributed by atoms with E-state index < -0.39 is 50.1 Å². The number of nitro groups is 1. The van der Waals surface area contributed by atoms with Gasteiger partial charge in [-0.05, 0) is 0 Å². The number of sulfonamides is 1. The molecule has 1 rings (SSSR count). The van der Waals surface area contributed by atoms with Crippen LogP contribution >= 0.6 is 0 Å². The lowest BCUT2D eigenvalue weighted by Crippen LogP contribution is -2.15. The highest BCUT2D eigenvalue weighted by molar-refractivity contribution is 7.89. The van der Waals surface area contributed by atoms with Crippen molar-refractivity contribution in [1.82, 2.24) is 0 Å². The van der Waals surface area contributed by atoms with Crippen LogP contribution in [0.3, 0.4) is 0 Å². The number of ether oxygens (including phenoxy) is 2. The smallest absolute Gasteiger partial charge is 0.274 e. The molecule has 11 heteroatoms. The summed E-state index contributed by atoms with van der Waals surface area (Å²) in [4.78, 5) is 9.06. The van der Waals surface area contributed by atoms with Crippen molar-refractivity contribution in [3.63, 3.8) is 0 Å². The van der Waals surface area contributed by atoms with Gasteiger partial charge in [-0.2, -0.15) is 0 Å². The Labute approximate surface area is 112 Å². The Kier molecular flexibility index (Phi) is 4.78. The SMILES string of the molecule is COc1c(OCC(F)F)cc([N+](=O)[O-])cc1S(N)(=O)=O. The molecular weight excluding hydrogens is 302 g/mol. The molecule has 0 radical (unpaired) electrons. The maximum Gasteiger partial charge on any atom is 0.274 e. The summed E-state index contributed by atoms with van der Waals surface area (Å²) >= 11 is 0. The van der Waals surface area contributed by atoms with Gasteiger partial charge in [-0.15, -0.1) is 0 Å². The summed E-state index contributed by atoms with van der Waals surface area (Å²) in [5.74, 6) is -0.982. The van der Waals surface area contributed by atoms with Crippen LogP contribution in [0.5, 0.6) is 11.5 Å². The van der Waals surface area contributed by atoms with Crippen LogP contribution in [0.25, 0.3) is 0 Å². The quantitative estimate of drug-likeness (QED) is 0.615. The molecule has 0 aromatic heterocycles. The molecule has 0 bridgehead atoms. The number of non-ortho nitro benzene ring substituents is 1. The van der Waals surface area contributed by atoms with Gasteiger partial charge in [-0.25, -0.2) is 22.3 Å². The van der Waals surface area contributed by atoms with E-state index in [0.717, 1.165) is 13.2 Å². The van der Waals surface area contributed by atoms with E-state index in [4.69, 9.17) is 9.88 Å². The van der Waals surface area contributed by atoms with Crippen LogP contribution in [0.15, 0.2) is 17.0 Å². The number of halogens is 2. The molecule has 0 spiro atoms. The fourth-order valence-electron chi connectivity index (χ4n) is 1.34. The fourth-order valence-corrected chi connectivity index (χ4v) is 2.07. The summed E-state index contributed by atoms with van der Waals surface area (Å²) in [5.41, 5.74) is -0.681. The summed E-state index contributed by atoms with van der Waals surface area (Å²) in [5, 5.41) is 15.6. The van der Waals surface area contributed by atoms with Crippen molar-refractivity contribution in [2.24, 2.45) is 5.14 Å². The van der Waals surface area contributed by atoms with Crippen LogP contribution in [-0.4, -0.2) is 33.5 Å². The molecule has 0 amide bonds. The van der Waals surface area contributed by atoms with Crippen LogP contribution in [0.2, 0.25) is 0 Å². The van der Waals surface area contributed by atoms with Gasteiger partial charge in [-0.1, -0.05) is 0 Å². The van der Waals surface area contributed by atoms with E-state index in [2.05, 4.69) is 4.74 Å². The highest BCUT2D eigenvalue weighted by atomic mass is 32.2. The largest absolute Gasteiger partial charge is 0.492 e. The maximum absolute atomic E-state index is 12.1. The number of rotatable bonds is 6. The van der Waals surface area contributed by atoms with E-state index in [1.54, 1.807) is 0 Å². The Morgan fingerprint density at radius 1 is 1.45 bits per heavy atom. The van der Waals surface area contributed by atoms with Crippen molar-refractivity contribution >= 4 is 15.7 Å². The molecule has 0 unspecified atom stereocenters. The molecule has 8 nitrogen and oxygen atoms in total. The third kappa shape index (κ3) is 3.74. The zero-order chi connectivity index (χ0) is 15.5. The Morgan fingerprint density at radius 3 is 2.45 bits per heavy atom. The van der Waals surface area contributed by atoms with E-state index in [9.17, 15) is 27.3 Å². The van der Waals surface area contributed by atoms with Gasteiger partial charge in [0, 0.05) is 6.07 Å². The molecule has 2 N–H and O–H groups in total. The number of benzene rings is 1. The Balaban J connectivity index is 3.47. The molecule has 0 aliphatic heterocycles. The van der Waals surface area contributed by atoms with Crippen molar-refractivity contribution < 1.29 is 31.6 Å². The minimum absolute atomic E-state index is 0.473. The van der Waals surface area contributed by atoms with Gasteiger partial charge < -0.3 is 9.47 Å². The summed E-state index contributed by atoms with van der Waals surface area (Å²) in [6.07, 6.45) is -2.85. The lowest BCUT2D eigenvalue weighted by Gasteiger charge is -2.13. The van der Waals surface area contributed by atoms with Gasteiger partial charge in [0.2, 0.25) is 10.0 Å². The zero-order valence-corrected chi connectivity index (χ0v) is 10.9. The molecule has 0 fully saturated rings. The predicted octanol–water partition coefficient (Wildman–Crippen LogP) is 0.895. The molecule has 20 heavy (non-hydrogen) atoms. The Bertz CT molecular complexity index is 619. The Morgan fingerprint density at radius 2 is 2.05 bits per heavy atom. The van der Waals surface area contributed by atoms with Crippen molar-refractivity contribution in [2.45, 2.75) is 11.3 Å². The third-order valence-electron chi connectivity index (χ3n) is 2.09. The van der Waals surface area contributed by atoms with E-state index in [-0.39, 0.29) is 0 Å². The average Bonchev–Trinajstić information content (AvgIpc) is 2.33. The molecule has 1 aromatic carbocycles. The first kappa shape index (κ1) is 16.0. The average molecular weight is 312 g/mol. The molecule has 112 valence electrons. The second kappa shape index (κ2) is 5.96. The number of nitrogens with two attached hydrogens (primary N) is 1. The molecule has 0 aliphatic rings. The standard InChI is InChI=1S/C9H10F2N2O6S/c1-18-9-6(19-4-8(10)11)2-5(13(14)15)3-7(9)20(12,16)17/h2-3,8H,4H2,1H3,(H2,12,16,17). The minimum Gasteiger partial charge on any atom is -0.492 e. The fraction of sp³-hybridized carbons (Fsp3) is 0.333. The third-order valence-corrected chi connectivity index (χ3v) is 3.01. The number of nitrogens with zero attached hydrogens (tertiary/aromatic N) is 1. The first-order valence-electron chi connectivity index (χ1n) is 4.97. The first-order valence-corrected chi connectivity index (χ1v) is 6.51. The number of nitro benzene ring substituents is 1. The summed E-state index contributed by atoms with van der Waals surface area (Å²) < 4.78 is 56.2. The van der Waals surface area contributed by atoms with Crippen molar-refractivity contribution in [3.05, 3.63) is 22.2 Å². The summed E-state index contributed by atoms with van der Waals surface area (Å²) in [7, 11) is -3.31. The van der Waals surface area contributed by atoms with Gasteiger partial charge in [0.1, 0.15) is 11.5 Å². The van der Waals surface area contributed by atoms with Gasteiger partial charge >= 0.3 is 0 Å². The number of hydrogen-bond donors (Lipinski definition) is 1. The van der Waals surface area contributed by atoms with Gasteiger partial charge in [0.05, 0.1) is 18.1 Å². The second-order valence-electron chi connectivity index (χ2n) is 3.48. The van der Waals surface area contributed by atoms with Gasteiger partial charge in [0.15, 0.2) is 11.5 Å². The first-order chi connectivity index (χ1) is 9.16. The van der Waals surface area contributed by atoms with Crippen LogP contribution in [0.4, 0.5) is 14.5 Å². The van der Waals surface area contributed by atoms with Crippen LogP contribution in [-0.2, 0) is 10.0 Å². The lowest BCUT2D eigenvalue weighted by molar-refractivity contribution is -0.385. The van der Waals surface area contributed by atoms with E-state index in [0.29, 0.717) is 6.07 Å². The van der Waals surface area contributed by atoms with E-state index >= 15 is 0 Å². The summed E-state index contributed by atoms with van der Waals surface area (Å²) in [6.45, 7) is -1.08. The molecule has 0 saturated carbocycles. The van der Waals surface area contributed by atoms with E-state index in [1.165, 1.54) is 0 Å². The molecular formula is C9H10F2N2O6S. The second-order valence-corrected chi connectivity index (χ2v) is 5.01. The minimum atomic E-state index is -4.36. The van der Waals surface area contributed by atoms with Crippen LogP contribution in [0.1, 0.15) is 0 Å². The zero-order valence-electron chi connectivity index (χ0n) is 10.1. The van der Waals surface area contributed by atoms with Gasteiger partial charge in [-0.3, -0.25) is 10.1 Å². The topological polar surface area (TPSA) is 122 Å². The number of methoxy groups -OCH3 is 1. The molecule has 0 saturated heterocycles. The summed E-state index contributed by atoms with van der Waals surface area (Å²) in [6, 6.07) is 1.43. The normalized spacial score (nSPS) is 11.4. The lowest BCUT2D eigenvalue weighted by atomic mass is 10.3. The Hall–Kier alpha value is -2.01. The molecule has 0 atom stereocenters. The van der Waals surface area contributed by atoms with Crippen molar-refractivity contribution in [3.8, 4) is 11.5 Å². The van der Waals surface area contributed by atoms with Crippen LogP contribution in [0, 0.1) is 10.1 Å². The molecule has 1 aromatic rings. The predicted molar refractivity (Wildman–Crippen MR) is 62.5 cm³/mol. The molecule has 0 aliphatic carbocycles.